The number of aliphatic hydroxyl groups excluding tert-OH is 1. The second kappa shape index (κ2) is 3.40. The zero-order valence-electron chi connectivity index (χ0n) is 7.80. The Hall–Kier alpha value is -1.39. The van der Waals surface area contributed by atoms with E-state index in [2.05, 4.69) is 0 Å². The van der Waals surface area contributed by atoms with Crippen LogP contribution in [0.3, 0.4) is 0 Å². The van der Waals surface area contributed by atoms with E-state index in [4.69, 9.17) is 4.84 Å². The van der Waals surface area contributed by atoms with Crippen LogP contribution < -0.4 is 0 Å². The Morgan fingerprint density at radius 3 is 2.86 bits per heavy atom. The van der Waals surface area contributed by atoms with Crippen molar-refractivity contribution in [3.63, 3.8) is 0 Å². The maximum Gasteiger partial charge on any atom is 0.280 e. The molecule has 1 atom stereocenters. The summed E-state index contributed by atoms with van der Waals surface area (Å²) in [5.74, 6) is -0.282. The Balaban J connectivity index is 2.38. The third kappa shape index (κ3) is 1.20. The Labute approximate surface area is 81.7 Å². The van der Waals surface area contributed by atoms with Gasteiger partial charge in [-0.25, -0.2) is 0 Å². The van der Waals surface area contributed by atoms with Crippen LogP contribution in [0.2, 0.25) is 0 Å². The topological polar surface area (TPSA) is 49.8 Å². The van der Waals surface area contributed by atoms with E-state index in [0.717, 1.165) is 5.06 Å². The quantitative estimate of drug-likeness (QED) is 0.764. The fourth-order valence-corrected chi connectivity index (χ4v) is 1.54. The first-order valence-corrected chi connectivity index (χ1v) is 4.49. The van der Waals surface area contributed by atoms with E-state index in [9.17, 15) is 9.90 Å². The zero-order valence-corrected chi connectivity index (χ0v) is 7.80. The molecular weight excluding hydrogens is 182 g/mol. The van der Waals surface area contributed by atoms with Gasteiger partial charge >= 0.3 is 0 Å². The van der Waals surface area contributed by atoms with Gasteiger partial charge < -0.3 is 5.11 Å². The van der Waals surface area contributed by atoms with Crippen molar-refractivity contribution in [2.45, 2.75) is 13.2 Å². The van der Waals surface area contributed by atoms with Crippen LogP contribution in [0.1, 0.15) is 29.1 Å². The highest BCUT2D eigenvalue weighted by atomic mass is 16.7. The number of nitrogens with zero attached hydrogens (tertiary/aromatic N) is 1. The maximum absolute atomic E-state index is 11.6. The summed E-state index contributed by atoms with van der Waals surface area (Å²) in [6.45, 7) is 2.12. The lowest BCUT2D eigenvalue weighted by Gasteiger charge is -2.18. The van der Waals surface area contributed by atoms with Gasteiger partial charge in [0.15, 0.2) is 6.23 Å². The smallest absolute Gasteiger partial charge is 0.280 e. The molecule has 74 valence electrons. The molecular formula is C10H11NO3. The Morgan fingerprint density at radius 2 is 2.21 bits per heavy atom. The molecule has 2 rings (SSSR count). The lowest BCUT2D eigenvalue weighted by molar-refractivity contribution is -0.195. The summed E-state index contributed by atoms with van der Waals surface area (Å²) in [5.41, 5.74) is 1.11. The molecule has 1 aliphatic rings. The number of amides is 1. The summed E-state index contributed by atoms with van der Waals surface area (Å²) in [7, 11) is 0. The third-order valence-corrected chi connectivity index (χ3v) is 2.16. The van der Waals surface area contributed by atoms with Gasteiger partial charge in [-0.1, -0.05) is 18.2 Å². The molecule has 1 heterocycles. The molecule has 0 aliphatic carbocycles. The molecule has 0 bridgehead atoms. The molecule has 1 unspecified atom stereocenters. The van der Waals surface area contributed by atoms with Crippen LogP contribution in [0, 0.1) is 0 Å². The molecule has 0 radical (unpaired) electrons. The van der Waals surface area contributed by atoms with E-state index < -0.39 is 6.23 Å². The SMILES string of the molecule is CCON1C(=O)c2ccccc2C1O. The highest BCUT2D eigenvalue weighted by Crippen LogP contribution is 2.31. The van der Waals surface area contributed by atoms with Crippen molar-refractivity contribution in [2.24, 2.45) is 0 Å². The predicted octanol–water partition coefficient (Wildman–Crippen LogP) is 1.08. The maximum atomic E-state index is 11.6. The van der Waals surface area contributed by atoms with E-state index in [1.54, 1.807) is 31.2 Å². The van der Waals surface area contributed by atoms with E-state index in [1.165, 1.54) is 0 Å². The number of benzene rings is 1. The fraction of sp³-hybridized carbons (Fsp3) is 0.300. The number of hydrogen-bond acceptors (Lipinski definition) is 3. The van der Waals surface area contributed by atoms with Gasteiger partial charge in [0, 0.05) is 11.1 Å². The second-order valence-corrected chi connectivity index (χ2v) is 3.01. The first-order chi connectivity index (χ1) is 6.75. The number of rotatable bonds is 2. The normalized spacial score (nSPS) is 20.0. The zero-order chi connectivity index (χ0) is 10.1. The summed E-state index contributed by atoms with van der Waals surface area (Å²) < 4.78 is 0. The molecule has 4 nitrogen and oxygen atoms in total. The number of carbonyl (C=O) groups excluding carboxylic acids is 1. The average Bonchev–Trinajstić information content (AvgIpc) is 2.45. The van der Waals surface area contributed by atoms with Crippen LogP contribution in [0.4, 0.5) is 0 Å². The second-order valence-electron chi connectivity index (χ2n) is 3.01. The molecule has 1 N–H and O–H groups in total. The molecule has 1 aromatic rings. The van der Waals surface area contributed by atoms with Crippen molar-refractivity contribution in [2.75, 3.05) is 6.61 Å². The minimum Gasteiger partial charge on any atom is -0.367 e. The predicted molar refractivity (Wildman–Crippen MR) is 49.2 cm³/mol. The first-order valence-electron chi connectivity index (χ1n) is 4.49. The van der Waals surface area contributed by atoms with E-state index >= 15 is 0 Å². The monoisotopic (exact) mass is 193 g/mol. The Morgan fingerprint density at radius 1 is 1.50 bits per heavy atom. The molecule has 0 spiro atoms. The summed E-state index contributed by atoms with van der Waals surface area (Å²) in [6, 6.07) is 6.94. The van der Waals surface area contributed by atoms with E-state index in [-0.39, 0.29) is 5.91 Å². The van der Waals surface area contributed by atoms with Crippen LogP contribution in [0.15, 0.2) is 24.3 Å². The van der Waals surface area contributed by atoms with Crippen LogP contribution in [-0.2, 0) is 4.84 Å². The van der Waals surface area contributed by atoms with Gasteiger partial charge in [-0.05, 0) is 13.0 Å². The van der Waals surface area contributed by atoms with Gasteiger partial charge in [-0.3, -0.25) is 9.63 Å². The van der Waals surface area contributed by atoms with Crippen molar-refractivity contribution in [3.8, 4) is 0 Å². The van der Waals surface area contributed by atoms with Crippen LogP contribution in [-0.4, -0.2) is 22.7 Å². The molecule has 1 aliphatic heterocycles. The van der Waals surface area contributed by atoms with Gasteiger partial charge in [-0.15, -0.1) is 0 Å². The van der Waals surface area contributed by atoms with Gasteiger partial charge in [0.25, 0.3) is 5.91 Å². The van der Waals surface area contributed by atoms with Gasteiger partial charge in [0.2, 0.25) is 0 Å². The largest absolute Gasteiger partial charge is 0.367 e. The Bertz CT molecular complexity index is 364. The lowest BCUT2D eigenvalue weighted by Crippen LogP contribution is -2.28. The highest BCUT2D eigenvalue weighted by Gasteiger charge is 2.35. The van der Waals surface area contributed by atoms with E-state index in [1.807, 2.05) is 0 Å². The third-order valence-electron chi connectivity index (χ3n) is 2.16. The van der Waals surface area contributed by atoms with E-state index in [0.29, 0.717) is 17.7 Å². The van der Waals surface area contributed by atoms with Crippen molar-refractivity contribution in [1.82, 2.24) is 5.06 Å². The number of fused-ring (bicyclic) bond motifs is 1. The molecule has 0 fully saturated rings. The fourth-order valence-electron chi connectivity index (χ4n) is 1.54. The van der Waals surface area contributed by atoms with Crippen molar-refractivity contribution < 1.29 is 14.7 Å². The first kappa shape index (κ1) is 9.18. The van der Waals surface area contributed by atoms with Crippen LogP contribution in [0.25, 0.3) is 0 Å². The standard InChI is InChI=1S/C10H11NO3/c1-2-14-11-9(12)7-5-3-4-6-8(7)10(11)13/h3-6,9,12H,2H2,1H3. The highest BCUT2D eigenvalue weighted by molar-refractivity contribution is 5.98. The van der Waals surface area contributed by atoms with Crippen LogP contribution in [0.5, 0.6) is 0 Å². The molecule has 1 aromatic carbocycles. The average molecular weight is 193 g/mol. The summed E-state index contributed by atoms with van der Waals surface area (Å²) in [4.78, 5) is 16.7. The molecule has 0 saturated heterocycles. The van der Waals surface area contributed by atoms with Crippen molar-refractivity contribution >= 4 is 5.91 Å². The van der Waals surface area contributed by atoms with Gasteiger partial charge in [-0.2, -0.15) is 5.06 Å². The number of hydrogen-bond donors (Lipinski definition) is 1. The molecule has 14 heavy (non-hydrogen) atoms. The van der Waals surface area contributed by atoms with Crippen molar-refractivity contribution in [1.29, 1.82) is 0 Å². The molecule has 0 saturated carbocycles. The summed E-state index contributed by atoms with van der Waals surface area (Å²) in [5, 5.41) is 10.7. The lowest BCUT2D eigenvalue weighted by atomic mass is 10.1. The summed E-state index contributed by atoms with van der Waals surface area (Å²) >= 11 is 0. The van der Waals surface area contributed by atoms with Crippen molar-refractivity contribution in [3.05, 3.63) is 35.4 Å². The minimum atomic E-state index is -0.973. The minimum absolute atomic E-state index is 0.282. The van der Waals surface area contributed by atoms with Crippen LogP contribution >= 0.6 is 0 Å². The molecule has 1 amide bonds. The van der Waals surface area contributed by atoms with Gasteiger partial charge in [0.1, 0.15) is 0 Å². The molecule has 0 aromatic heterocycles. The number of aliphatic hydroxyl groups is 1. The number of carbonyl (C=O) groups is 1. The Kier molecular flexibility index (Phi) is 2.23. The number of hydroxylamine groups is 2. The molecule has 4 heteroatoms. The van der Waals surface area contributed by atoms with Gasteiger partial charge in [0.05, 0.1) is 6.61 Å². The summed E-state index contributed by atoms with van der Waals surface area (Å²) in [6.07, 6.45) is -0.973.